The molecule has 6 heteroatoms. The lowest BCUT2D eigenvalue weighted by molar-refractivity contribution is -0.139. The lowest BCUT2D eigenvalue weighted by Crippen LogP contribution is -2.42. The molecule has 0 spiro atoms. The van der Waals surface area contributed by atoms with Gasteiger partial charge in [0.25, 0.3) is 0 Å². The van der Waals surface area contributed by atoms with E-state index in [1.807, 2.05) is 0 Å². The van der Waals surface area contributed by atoms with Gasteiger partial charge in [0.15, 0.2) is 0 Å². The van der Waals surface area contributed by atoms with Gasteiger partial charge in [-0.2, -0.15) is 0 Å². The SMILES string of the molecule is C[C@H](NC1CCCCC1)C(=O)O.O=C(O)CNC1CCCCC1. The van der Waals surface area contributed by atoms with Crippen LogP contribution in [0.1, 0.15) is 71.1 Å². The fraction of sp³-hybridized carbons (Fsp3) is 0.882. The van der Waals surface area contributed by atoms with Crippen molar-refractivity contribution in [3.8, 4) is 0 Å². The molecule has 0 aromatic heterocycles. The molecule has 0 aromatic rings. The summed E-state index contributed by atoms with van der Waals surface area (Å²) in [6, 6.07) is 0.498. The lowest BCUT2D eigenvalue weighted by atomic mass is 9.95. The summed E-state index contributed by atoms with van der Waals surface area (Å²) in [6.07, 6.45) is 12.2. The predicted octanol–water partition coefficient (Wildman–Crippen LogP) is 2.38. The molecule has 2 saturated carbocycles. The lowest BCUT2D eigenvalue weighted by Gasteiger charge is -2.24. The standard InChI is InChI=1S/C9H17NO2.C8H15NO2/c1-7(9(11)12)10-8-5-3-2-4-6-8;10-8(11)6-9-7-4-2-1-3-5-7/h7-8,10H,2-6H2,1H3,(H,11,12);7,9H,1-6H2,(H,10,11)/t7-;/m0./s1. The molecule has 23 heavy (non-hydrogen) atoms. The third-order valence-corrected chi connectivity index (χ3v) is 4.61. The van der Waals surface area contributed by atoms with E-state index in [-0.39, 0.29) is 6.54 Å². The molecule has 0 aromatic carbocycles. The zero-order valence-electron chi connectivity index (χ0n) is 14.2. The molecule has 6 nitrogen and oxygen atoms in total. The van der Waals surface area contributed by atoms with Crippen LogP contribution in [0.25, 0.3) is 0 Å². The first-order valence-electron chi connectivity index (χ1n) is 8.93. The first-order valence-corrected chi connectivity index (χ1v) is 8.93. The molecule has 2 aliphatic carbocycles. The van der Waals surface area contributed by atoms with Gasteiger partial charge in [-0.3, -0.25) is 9.59 Å². The molecular formula is C17H32N2O4. The Morgan fingerprint density at radius 1 is 0.913 bits per heavy atom. The van der Waals surface area contributed by atoms with Crippen molar-refractivity contribution in [2.75, 3.05) is 6.54 Å². The summed E-state index contributed by atoms with van der Waals surface area (Å²) < 4.78 is 0. The fourth-order valence-electron chi connectivity index (χ4n) is 3.23. The van der Waals surface area contributed by atoms with Crippen LogP contribution >= 0.6 is 0 Å². The molecule has 2 fully saturated rings. The molecule has 1 atom stereocenters. The summed E-state index contributed by atoms with van der Waals surface area (Å²) in [5.41, 5.74) is 0. The second-order valence-electron chi connectivity index (χ2n) is 6.67. The summed E-state index contributed by atoms with van der Waals surface area (Å²) >= 11 is 0. The van der Waals surface area contributed by atoms with Crippen molar-refractivity contribution in [2.24, 2.45) is 0 Å². The number of carbonyl (C=O) groups is 2. The van der Waals surface area contributed by atoms with Gasteiger partial charge in [-0.15, -0.1) is 0 Å². The topological polar surface area (TPSA) is 98.7 Å². The number of nitrogens with one attached hydrogen (secondary N) is 2. The van der Waals surface area contributed by atoms with Gasteiger partial charge in [0, 0.05) is 12.1 Å². The van der Waals surface area contributed by atoms with E-state index in [0.717, 1.165) is 25.7 Å². The zero-order valence-corrected chi connectivity index (χ0v) is 14.2. The maximum absolute atomic E-state index is 10.5. The zero-order chi connectivity index (χ0) is 17.1. The van der Waals surface area contributed by atoms with Gasteiger partial charge in [0.2, 0.25) is 0 Å². The van der Waals surface area contributed by atoms with Gasteiger partial charge >= 0.3 is 11.9 Å². The van der Waals surface area contributed by atoms with E-state index in [1.165, 1.54) is 38.5 Å². The van der Waals surface area contributed by atoms with Gasteiger partial charge in [-0.05, 0) is 32.6 Å². The quantitative estimate of drug-likeness (QED) is 0.597. The van der Waals surface area contributed by atoms with Gasteiger partial charge in [0.1, 0.15) is 6.04 Å². The van der Waals surface area contributed by atoms with Crippen molar-refractivity contribution in [1.82, 2.24) is 10.6 Å². The first kappa shape index (κ1) is 19.9. The molecule has 0 bridgehead atoms. The van der Waals surface area contributed by atoms with E-state index in [4.69, 9.17) is 10.2 Å². The van der Waals surface area contributed by atoms with Crippen LogP contribution in [-0.2, 0) is 9.59 Å². The van der Waals surface area contributed by atoms with Crippen LogP contribution in [0.2, 0.25) is 0 Å². The second-order valence-corrected chi connectivity index (χ2v) is 6.67. The highest BCUT2D eigenvalue weighted by molar-refractivity contribution is 5.72. The smallest absolute Gasteiger partial charge is 0.320 e. The summed E-state index contributed by atoms with van der Waals surface area (Å²) in [6.45, 7) is 1.82. The molecule has 0 aliphatic heterocycles. The monoisotopic (exact) mass is 328 g/mol. The third kappa shape index (κ3) is 9.56. The highest BCUT2D eigenvalue weighted by Crippen LogP contribution is 2.18. The van der Waals surface area contributed by atoms with Crippen LogP contribution in [-0.4, -0.2) is 46.8 Å². The van der Waals surface area contributed by atoms with Gasteiger partial charge < -0.3 is 20.8 Å². The molecular weight excluding hydrogens is 296 g/mol. The van der Waals surface area contributed by atoms with Crippen LogP contribution in [0.15, 0.2) is 0 Å². The van der Waals surface area contributed by atoms with Crippen LogP contribution in [0.3, 0.4) is 0 Å². The van der Waals surface area contributed by atoms with Crippen molar-refractivity contribution in [3.63, 3.8) is 0 Å². The molecule has 0 amide bonds. The number of hydrogen-bond acceptors (Lipinski definition) is 4. The van der Waals surface area contributed by atoms with Crippen molar-refractivity contribution in [2.45, 2.75) is 89.3 Å². The van der Waals surface area contributed by atoms with E-state index >= 15 is 0 Å². The highest BCUT2D eigenvalue weighted by atomic mass is 16.4. The average molecular weight is 328 g/mol. The minimum absolute atomic E-state index is 0.116. The Bertz CT molecular complexity index is 351. The summed E-state index contributed by atoms with van der Waals surface area (Å²) in [4.78, 5) is 20.7. The van der Waals surface area contributed by atoms with Crippen LogP contribution in [0, 0.1) is 0 Å². The number of rotatable bonds is 6. The minimum Gasteiger partial charge on any atom is -0.480 e. The molecule has 4 N–H and O–H groups in total. The molecule has 0 saturated heterocycles. The number of carboxylic acid groups (broad SMARTS) is 2. The van der Waals surface area contributed by atoms with Gasteiger partial charge in [0.05, 0.1) is 6.54 Å². The Kier molecular flexibility index (Phi) is 9.87. The third-order valence-electron chi connectivity index (χ3n) is 4.61. The number of hydrogen-bond donors (Lipinski definition) is 4. The normalized spacial score (nSPS) is 21.1. The molecule has 134 valence electrons. The fourth-order valence-corrected chi connectivity index (χ4v) is 3.23. The van der Waals surface area contributed by atoms with Crippen LogP contribution in [0.5, 0.6) is 0 Å². The Hall–Kier alpha value is -1.14. The van der Waals surface area contributed by atoms with Crippen molar-refractivity contribution < 1.29 is 19.8 Å². The Labute approximate surface area is 139 Å². The Morgan fingerprint density at radius 3 is 1.83 bits per heavy atom. The van der Waals surface area contributed by atoms with E-state index in [2.05, 4.69) is 10.6 Å². The molecule has 2 rings (SSSR count). The summed E-state index contributed by atoms with van der Waals surface area (Å²) in [5, 5.41) is 23.2. The van der Waals surface area contributed by atoms with E-state index in [1.54, 1.807) is 6.92 Å². The molecule has 2 aliphatic rings. The van der Waals surface area contributed by atoms with Crippen molar-refractivity contribution >= 4 is 11.9 Å². The Morgan fingerprint density at radius 2 is 1.39 bits per heavy atom. The molecule has 0 radical (unpaired) electrons. The largest absolute Gasteiger partial charge is 0.480 e. The maximum Gasteiger partial charge on any atom is 0.320 e. The maximum atomic E-state index is 10.5. The van der Waals surface area contributed by atoms with Crippen molar-refractivity contribution in [1.29, 1.82) is 0 Å². The van der Waals surface area contributed by atoms with E-state index < -0.39 is 18.0 Å². The predicted molar refractivity (Wildman–Crippen MR) is 89.6 cm³/mol. The molecule has 0 heterocycles. The number of carboxylic acids is 2. The van der Waals surface area contributed by atoms with Crippen LogP contribution < -0.4 is 10.6 Å². The average Bonchev–Trinajstić information content (AvgIpc) is 2.55. The molecule has 0 unspecified atom stereocenters. The second kappa shape index (κ2) is 11.4. The Balaban J connectivity index is 0.000000231. The first-order chi connectivity index (χ1) is 11.0. The summed E-state index contributed by atoms with van der Waals surface area (Å²) in [5.74, 6) is -1.50. The minimum atomic E-state index is -0.754. The number of aliphatic carboxylic acids is 2. The van der Waals surface area contributed by atoms with Crippen molar-refractivity contribution in [3.05, 3.63) is 0 Å². The van der Waals surface area contributed by atoms with Gasteiger partial charge in [-0.25, -0.2) is 0 Å². The van der Waals surface area contributed by atoms with E-state index in [0.29, 0.717) is 12.1 Å². The van der Waals surface area contributed by atoms with Gasteiger partial charge in [-0.1, -0.05) is 38.5 Å². The van der Waals surface area contributed by atoms with E-state index in [9.17, 15) is 9.59 Å². The van der Waals surface area contributed by atoms with Crippen LogP contribution in [0.4, 0.5) is 0 Å². The summed E-state index contributed by atoms with van der Waals surface area (Å²) in [7, 11) is 0. The highest BCUT2D eigenvalue weighted by Gasteiger charge is 2.18.